The van der Waals surface area contributed by atoms with Crippen LogP contribution in [0.25, 0.3) is 0 Å². The summed E-state index contributed by atoms with van der Waals surface area (Å²) in [6, 6.07) is 6.70. The highest BCUT2D eigenvalue weighted by Crippen LogP contribution is 2.24. The average molecular weight is 221 g/mol. The van der Waals surface area contributed by atoms with Crippen molar-refractivity contribution in [1.29, 1.82) is 0 Å². The van der Waals surface area contributed by atoms with Gasteiger partial charge in [-0.3, -0.25) is 5.32 Å². The van der Waals surface area contributed by atoms with Gasteiger partial charge < -0.3 is 4.74 Å². The molecular weight excluding hydrogens is 198 g/mol. The van der Waals surface area contributed by atoms with Gasteiger partial charge >= 0.3 is 0 Å². The van der Waals surface area contributed by atoms with Crippen LogP contribution >= 0.6 is 0 Å². The molecule has 1 rings (SSSR count). The van der Waals surface area contributed by atoms with E-state index < -0.39 is 0 Å². The van der Waals surface area contributed by atoms with E-state index >= 15 is 0 Å². The van der Waals surface area contributed by atoms with Gasteiger partial charge in [0.2, 0.25) is 0 Å². The maximum absolute atomic E-state index is 5.00. The van der Waals surface area contributed by atoms with Crippen LogP contribution in [0.15, 0.2) is 18.2 Å². The summed E-state index contributed by atoms with van der Waals surface area (Å²) < 4.78 is 5.00. The van der Waals surface area contributed by atoms with Crippen molar-refractivity contribution in [3.8, 4) is 0 Å². The second-order valence-electron chi connectivity index (χ2n) is 5.04. The third kappa shape index (κ3) is 3.32. The molecule has 0 heterocycles. The van der Waals surface area contributed by atoms with Gasteiger partial charge in [0.25, 0.3) is 0 Å². The van der Waals surface area contributed by atoms with Crippen LogP contribution in [0.4, 0.5) is 0 Å². The normalized spacial score (nSPS) is 11.8. The third-order valence-electron chi connectivity index (χ3n) is 3.10. The smallest absolute Gasteiger partial charge is 0.0961 e. The molecule has 0 fully saturated rings. The summed E-state index contributed by atoms with van der Waals surface area (Å²) in [6.45, 7) is 10.3. The molecule has 0 aliphatic rings. The Morgan fingerprint density at radius 2 is 1.88 bits per heavy atom. The van der Waals surface area contributed by atoms with E-state index in [1.807, 2.05) is 0 Å². The molecule has 1 N–H and O–H groups in total. The highest BCUT2D eigenvalue weighted by Gasteiger charge is 2.20. The monoisotopic (exact) mass is 221 g/mol. The molecule has 0 aliphatic heterocycles. The Balaban J connectivity index is 2.76. The van der Waals surface area contributed by atoms with Gasteiger partial charge in [-0.2, -0.15) is 0 Å². The van der Waals surface area contributed by atoms with Crippen molar-refractivity contribution in [2.24, 2.45) is 0 Å². The molecular formula is C14H23NO. The van der Waals surface area contributed by atoms with E-state index in [0.29, 0.717) is 6.73 Å². The number of ether oxygens (including phenoxy) is 1. The molecule has 0 atom stereocenters. The van der Waals surface area contributed by atoms with Crippen LogP contribution in [0.5, 0.6) is 0 Å². The fourth-order valence-corrected chi connectivity index (χ4v) is 1.73. The molecule has 0 amide bonds. The SMILES string of the molecule is COCNCC(C)(C)c1ccc(C)c(C)c1. The summed E-state index contributed by atoms with van der Waals surface area (Å²) in [5, 5.41) is 3.29. The molecule has 1 aromatic carbocycles. The molecule has 2 heteroatoms. The first-order chi connectivity index (χ1) is 7.47. The zero-order valence-corrected chi connectivity index (χ0v) is 11.1. The number of nitrogens with one attached hydrogen (secondary N) is 1. The summed E-state index contributed by atoms with van der Waals surface area (Å²) in [5.74, 6) is 0. The van der Waals surface area contributed by atoms with Gasteiger partial charge in [-0.15, -0.1) is 0 Å². The van der Waals surface area contributed by atoms with Crippen molar-refractivity contribution in [3.05, 3.63) is 34.9 Å². The zero-order chi connectivity index (χ0) is 12.2. The molecule has 0 aliphatic carbocycles. The Morgan fingerprint density at radius 3 is 2.44 bits per heavy atom. The highest BCUT2D eigenvalue weighted by atomic mass is 16.5. The van der Waals surface area contributed by atoms with Crippen LogP contribution in [0.1, 0.15) is 30.5 Å². The Labute approximate surface area is 99.0 Å². The fourth-order valence-electron chi connectivity index (χ4n) is 1.73. The molecule has 1 aromatic rings. The Morgan fingerprint density at radius 1 is 1.19 bits per heavy atom. The minimum absolute atomic E-state index is 0.136. The number of methoxy groups -OCH3 is 1. The van der Waals surface area contributed by atoms with E-state index in [9.17, 15) is 0 Å². The van der Waals surface area contributed by atoms with E-state index in [-0.39, 0.29) is 5.41 Å². The van der Waals surface area contributed by atoms with Crippen LogP contribution in [0, 0.1) is 13.8 Å². The lowest BCUT2D eigenvalue weighted by Gasteiger charge is -2.26. The van der Waals surface area contributed by atoms with Gasteiger partial charge in [0.1, 0.15) is 0 Å². The first kappa shape index (κ1) is 13.2. The van der Waals surface area contributed by atoms with Crippen molar-refractivity contribution in [1.82, 2.24) is 5.32 Å². The average Bonchev–Trinajstić information content (AvgIpc) is 2.22. The number of hydrogen-bond acceptors (Lipinski definition) is 2. The van der Waals surface area contributed by atoms with E-state index in [0.717, 1.165) is 6.54 Å². The van der Waals surface area contributed by atoms with E-state index in [1.54, 1.807) is 7.11 Å². The Kier molecular flexibility index (Phi) is 4.51. The Hall–Kier alpha value is -0.860. The van der Waals surface area contributed by atoms with E-state index in [2.05, 4.69) is 51.2 Å². The highest BCUT2D eigenvalue weighted by molar-refractivity contribution is 5.34. The predicted octanol–water partition coefficient (Wildman–Crippen LogP) is 2.77. The van der Waals surface area contributed by atoms with Crippen molar-refractivity contribution >= 4 is 0 Å². The Bertz CT molecular complexity index is 345. The van der Waals surface area contributed by atoms with Crippen LogP contribution in [0.2, 0.25) is 0 Å². The molecule has 90 valence electrons. The predicted molar refractivity (Wildman–Crippen MR) is 68.8 cm³/mol. The number of hydrogen-bond donors (Lipinski definition) is 1. The van der Waals surface area contributed by atoms with Gasteiger partial charge in [0, 0.05) is 19.1 Å². The van der Waals surface area contributed by atoms with Gasteiger partial charge in [0.15, 0.2) is 0 Å². The summed E-state index contributed by atoms with van der Waals surface area (Å²) in [7, 11) is 1.70. The lowest BCUT2D eigenvalue weighted by atomic mass is 9.83. The lowest BCUT2D eigenvalue weighted by molar-refractivity contribution is 0.169. The largest absolute Gasteiger partial charge is 0.370 e. The zero-order valence-electron chi connectivity index (χ0n) is 11.1. The van der Waals surface area contributed by atoms with Crippen molar-refractivity contribution in [3.63, 3.8) is 0 Å². The van der Waals surface area contributed by atoms with Crippen molar-refractivity contribution in [2.45, 2.75) is 33.1 Å². The summed E-state index contributed by atoms with van der Waals surface area (Å²) in [4.78, 5) is 0. The number of rotatable bonds is 5. The van der Waals surface area contributed by atoms with E-state index in [1.165, 1.54) is 16.7 Å². The first-order valence-electron chi connectivity index (χ1n) is 5.75. The molecule has 16 heavy (non-hydrogen) atoms. The molecule has 0 bridgehead atoms. The maximum Gasteiger partial charge on any atom is 0.0961 e. The topological polar surface area (TPSA) is 21.3 Å². The number of aryl methyl sites for hydroxylation is 2. The summed E-state index contributed by atoms with van der Waals surface area (Å²) in [6.07, 6.45) is 0. The van der Waals surface area contributed by atoms with Gasteiger partial charge in [-0.05, 0) is 30.5 Å². The fraction of sp³-hybridized carbons (Fsp3) is 0.571. The maximum atomic E-state index is 5.00. The summed E-state index contributed by atoms with van der Waals surface area (Å²) >= 11 is 0. The van der Waals surface area contributed by atoms with Crippen LogP contribution < -0.4 is 5.32 Å². The van der Waals surface area contributed by atoms with Gasteiger partial charge in [-0.25, -0.2) is 0 Å². The quantitative estimate of drug-likeness (QED) is 0.610. The molecule has 0 saturated carbocycles. The third-order valence-corrected chi connectivity index (χ3v) is 3.10. The molecule has 2 nitrogen and oxygen atoms in total. The van der Waals surface area contributed by atoms with Crippen LogP contribution in [0.3, 0.4) is 0 Å². The molecule has 0 radical (unpaired) electrons. The van der Waals surface area contributed by atoms with E-state index in [4.69, 9.17) is 4.74 Å². The molecule has 0 aromatic heterocycles. The minimum Gasteiger partial charge on any atom is -0.370 e. The second-order valence-corrected chi connectivity index (χ2v) is 5.04. The first-order valence-corrected chi connectivity index (χ1v) is 5.75. The standard InChI is InChI=1S/C14H23NO/c1-11-6-7-13(8-12(11)2)14(3,4)9-15-10-16-5/h6-8,15H,9-10H2,1-5H3. The molecule has 0 spiro atoms. The second kappa shape index (κ2) is 5.46. The summed E-state index contributed by atoms with van der Waals surface area (Å²) in [5.41, 5.74) is 4.22. The van der Waals surface area contributed by atoms with Crippen LogP contribution in [-0.2, 0) is 10.2 Å². The van der Waals surface area contributed by atoms with Gasteiger partial charge in [-0.1, -0.05) is 32.0 Å². The molecule has 0 unspecified atom stereocenters. The minimum atomic E-state index is 0.136. The van der Waals surface area contributed by atoms with Gasteiger partial charge in [0.05, 0.1) is 6.73 Å². The van der Waals surface area contributed by atoms with Crippen molar-refractivity contribution in [2.75, 3.05) is 20.4 Å². The number of benzene rings is 1. The van der Waals surface area contributed by atoms with Crippen molar-refractivity contribution < 1.29 is 4.74 Å². The molecule has 0 saturated heterocycles. The lowest BCUT2D eigenvalue weighted by Crippen LogP contribution is -2.34. The van der Waals surface area contributed by atoms with Crippen LogP contribution in [-0.4, -0.2) is 20.4 Å².